The van der Waals surface area contributed by atoms with Gasteiger partial charge in [0.25, 0.3) is 0 Å². The molecule has 1 saturated carbocycles. The maximum atomic E-state index is 3.66. The number of hydrogen-bond donors (Lipinski definition) is 1. The van der Waals surface area contributed by atoms with Crippen LogP contribution in [0.15, 0.2) is 24.3 Å². The van der Waals surface area contributed by atoms with Gasteiger partial charge in [-0.1, -0.05) is 18.2 Å². The molecule has 1 saturated heterocycles. The van der Waals surface area contributed by atoms with Gasteiger partial charge >= 0.3 is 0 Å². The highest BCUT2D eigenvalue weighted by atomic mass is 15.2. The molecular weight excluding hydrogens is 196 g/mol. The predicted octanol–water partition coefficient (Wildman–Crippen LogP) is 2.33. The van der Waals surface area contributed by atoms with Crippen LogP contribution >= 0.6 is 0 Å². The second-order valence-corrected chi connectivity index (χ2v) is 5.04. The quantitative estimate of drug-likeness (QED) is 0.775. The van der Waals surface area contributed by atoms with E-state index >= 15 is 0 Å². The zero-order valence-corrected chi connectivity index (χ0v) is 9.95. The number of fused-ring (bicyclic) bond motifs is 1. The van der Waals surface area contributed by atoms with Crippen molar-refractivity contribution in [3.8, 4) is 0 Å². The Morgan fingerprint density at radius 2 is 2.12 bits per heavy atom. The lowest BCUT2D eigenvalue weighted by Gasteiger charge is -2.40. The highest BCUT2D eigenvalue weighted by Gasteiger charge is 2.35. The molecule has 0 amide bonds. The van der Waals surface area contributed by atoms with Gasteiger partial charge in [-0.15, -0.1) is 0 Å². The zero-order chi connectivity index (χ0) is 11.0. The molecule has 1 aliphatic heterocycles. The number of rotatable bonds is 1. The number of aryl methyl sites for hydroxylation is 1. The fraction of sp³-hybridized carbons (Fsp3) is 0.571. The summed E-state index contributed by atoms with van der Waals surface area (Å²) in [5.41, 5.74) is 2.86. The van der Waals surface area contributed by atoms with Crippen LogP contribution in [0.2, 0.25) is 0 Å². The Bertz CT molecular complexity index is 375. The van der Waals surface area contributed by atoms with E-state index in [1.54, 1.807) is 0 Å². The van der Waals surface area contributed by atoms with Crippen LogP contribution in [0.5, 0.6) is 0 Å². The van der Waals surface area contributed by atoms with Crippen molar-refractivity contribution < 1.29 is 0 Å². The average Bonchev–Trinajstić information content (AvgIpc) is 2.77. The van der Waals surface area contributed by atoms with Crippen molar-refractivity contribution in [2.75, 3.05) is 18.0 Å². The summed E-state index contributed by atoms with van der Waals surface area (Å²) < 4.78 is 0. The summed E-state index contributed by atoms with van der Waals surface area (Å²) in [6, 6.07) is 10.3. The summed E-state index contributed by atoms with van der Waals surface area (Å²) in [6.07, 6.45) is 4.09. The van der Waals surface area contributed by atoms with Gasteiger partial charge in [0, 0.05) is 30.9 Å². The lowest BCUT2D eigenvalue weighted by atomic mass is 10.0. The minimum absolute atomic E-state index is 0.730. The molecule has 0 radical (unpaired) electrons. The monoisotopic (exact) mass is 216 g/mol. The Kier molecular flexibility index (Phi) is 2.60. The van der Waals surface area contributed by atoms with E-state index in [2.05, 4.69) is 41.4 Å². The molecule has 0 aromatic heterocycles. The topological polar surface area (TPSA) is 15.3 Å². The Morgan fingerprint density at radius 3 is 3.00 bits per heavy atom. The third-order valence-electron chi connectivity index (χ3n) is 4.06. The number of nitrogens with zero attached hydrogens (tertiary/aromatic N) is 1. The lowest BCUT2D eigenvalue weighted by molar-refractivity contribution is 0.403. The number of anilines is 1. The van der Waals surface area contributed by atoms with E-state index in [9.17, 15) is 0 Å². The summed E-state index contributed by atoms with van der Waals surface area (Å²) in [5.74, 6) is 0. The second kappa shape index (κ2) is 4.10. The largest absolute Gasteiger partial charge is 0.365 e. The molecule has 1 aromatic carbocycles. The Morgan fingerprint density at radius 1 is 1.25 bits per heavy atom. The normalized spacial score (nSPS) is 29.2. The number of benzene rings is 1. The smallest absolute Gasteiger partial charge is 0.0443 e. The van der Waals surface area contributed by atoms with E-state index in [0.29, 0.717) is 0 Å². The number of nitrogens with one attached hydrogen (secondary N) is 1. The molecule has 2 aliphatic rings. The van der Waals surface area contributed by atoms with Crippen LogP contribution in [0.4, 0.5) is 5.69 Å². The summed E-state index contributed by atoms with van der Waals surface area (Å²) >= 11 is 0. The molecule has 1 N–H and O–H groups in total. The molecule has 86 valence electrons. The van der Waals surface area contributed by atoms with Crippen molar-refractivity contribution >= 4 is 5.69 Å². The van der Waals surface area contributed by atoms with Crippen LogP contribution in [0, 0.1) is 6.92 Å². The van der Waals surface area contributed by atoms with Gasteiger partial charge in [0.15, 0.2) is 0 Å². The predicted molar refractivity (Wildman–Crippen MR) is 68.0 cm³/mol. The van der Waals surface area contributed by atoms with E-state index in [-0.39, 0.29) is 0 Å². The van der Waals surface area contributed by atoms with Gasteiger partial charge in [-0.2, -0.15) is 0 Å². The van der Waals surface area contributed by atoms with Crippen molar-refractivity contribution in [2.24, 2.45) is 0 Å². The van der Waals surface area contributed by atoms with Crippen LogP contribution in [0.3, 0.4) is 0 Å². The highest BCUT2D eigenvalue weighted by molar-refractivity contribution is 5.54. The lowest BCUT2D eigenvalue weighted by Crippen LogP contribution is -2.55. The van der Waals surface area contributed by atoms with Gasteiger partial charge in [-0.25, -0.2) is 0 Å². The van der Waals surface area contributed by atoms with E-state index < -0.39 is 0 Å². The van der Waals surface area contributed by atoms with Gasteiger partial charge < -0.3 is 10.2 Å². The molecular formula is C14H20N2. The minimum Gasteiger partial charge on any atom is -0.365 e. The van der Waals surface area contributed by atoms with E-state index in [1.807, 2.05) is 0 Å². The van der Waals surface area contributed by atoms with Crippen molar-refractivity contribution in [2.45, 2.75) is 38.3 Å². The van der Waals surface area contributed by atoms with Crippen LogP contribution in [-0.4, -0.2) is 25.2 Å². The minimum atomic E-state index is 0.730. The molecule has 0 spiro atoms. The Balaban J connectivity index is 1.91. The standard InChI is InChI=1S/C14H20N2/c1-11-5-2-3-7-13(11)16-10-9-15-12-6-4-8-14(12)16/h2-3,5,7,12,14-15H,4,6,8-10H2,1H3/t12-,14-/m0/s1. The SMILES string of the molecule is Cc1ccccc1N1CCN[C@H]2CCC[C@@H]21. The first kappa shape index (κ1) is 10.2. The fourth-order valence-corrected chi connectivity index (χ4v) is 3.27. The maximum absolute atomic E-state index is 3.66. The summed E-state index contributed by atoms with van der Waals surface area (Å²) in [5, 5.41) is 3.66. The van der Waals surface area contributed by atoms with E-state index in [1.165, 1.54) is 30.5 Å². The summed E-state index contributed by atoms with van der Waals surface area (Å²) in [7, 11) is 0. The van der Waals surface area contributed by atoms with Crippen molar-refractivity contribution in [1.82, 2.24) is 5.32 Å². The molecule has 1 aromatic rings. The van der Waals surface area contributed by atoms with Crippen molar-refractivity contribution in [3.05, 3.63) is 29.8 Å². The zero-order valence-electron chi connectivity index (χ0n) is 9.95. The molecule has 1 heterocycles. The van der Waals surface area contributed by atoms with Gasteiger partial charge in [0.05, 0.1) is 0 Å². The third kappa shape index (κ3) is 1.61. The highest BCUT2D eigenvalue weighted by Crippen LogP contribution is 2.31. The van der Waals surface area contributed by atoms with Crippen LogP contribution in [0.1, 0.15) is 24.8 Å². The first-order chi connectivity index (χ1) is 7.86. The van der Waals surface area contributed by atoms with Gasteiger partial charge in [-0.05, 0) is 37.8 Å². The molecule has 0 bridgehead atoms. The number of piperazine rings is 1. The van der Waals surface area contributed by atoms with Crippen LogP contribution in [-0.2, 0) is 0 Å². The Labute approximate surface area is 97.6 Å². The third-order valence-corrected chi connectivity index (χ3v) is 4.06. The van der Waals surface area contributed by atoms with Crippen LogP contribution < -0.4 is 10.2 Å². The summed E-state index contributed by atoms with van der Waals surface area (Å²) in [4.78, 5) is 2.63. The first-order valence-electron chi connectivity index (χ1n) is 6.42. The summed E-state index contributed by atoms with van der Waals surface area (Å²) in [6.45, 7) is 4.52. The van der Waals surface area contributed by atoms with Crippen molar-refractivity contribution in [1.29, 1.82) is 0 Å². The van der Waals surface area contributed by atoms with Crippen LogP contribution in [0.25, 0.3) is 0 Å². The average molecular weight is 216 g/mol. The van der Waals surface area contributed by atoms with Gasteiger partial charge in [0.2, 0.25) is 0 Å². The molecule has 0 unspecified atom stereocenters. The van der Waals surface area contributed by atoms with E-state index in [4.69, 9.17) is 0 Å². The number of hydrogen-bond acceptors (Lipinski definition) is 2. The van der Waals surface area contributed by atoms with Gasteiger partial charge in [0.1, 0.15) is 0 Å². The molecule has 2 fully saturated rings. The second-order valence-electron chi connectivity index (χ2n) is 5.04. The molecule has 2 heteroatoms. The van der Waals surface area contributed by atoms with E-state index in [0.717, 1.165) is 25.2 Å². The molecule has 2 nitrogen and oxygen atoms in total. The van der Waals surface area contributed by atoms with Gasteiger partial charge in [-0.3, -0.25) is 0 Å². The fourth-order valence-electron chi connectivity index (χ4n) is 3.27. The maximum Gasteiger partial charge on any atom is 0.0443 e. The van der Waals surface area contributed by atoms with Crippen molar-refractivity contribution in [3.63, 3.8) is 0 Å². The number of para-hydroxylation sites is 1. The molecule has 2 atom stereocenters. The Hall–Kier alpha value is -1.02. The first-order valence-corrected chi connectivity index (χ1v) is 6.42. The molecule has 3 rings (SSSR count). The molecule has 1 aliphatic carbocycles. The molecule has 16 heavy (non-hydrogen) atoms.